The summed E-state index contributed by atoms with van der Waals surface area (Å²) in [5.74, 6) is -0.231. The first kappa shape index (κ1) is 22.6. The summed E-state index contributed by atoms with van der Waals surface area (Å²) in [7, 11) is 0. The molecule has 0 radical (unpaired) electrons. The largest absolute Gasteiger partial charge is 0.489 e. The van der Waals surface area contributed by atoms with E-state index in [1.807, 2.05) is 0 Å². The molecule has 10 nitrogen and oxygen atoms in total. The lowest BCUT2D eigenvalue weighted by Gasteiger charge is -2.07. The molecule has 0 spiro atoms. The number of carbonyl (C=O) groups is 1. The van der Waals surface area contributed by atoms with Gasteiger partial charge in [-0.25, -0.2) is 9.79 Å². The van der Waals surface area contributed by atoms with E-state index >= 15 is 0 Å². The second-order valence-corrected chi connectivity index (χ2v) is 7.45. The Hall–Kier alpha value is -4.57. The summed E-state index contributed by atoms with van der Waals surface area (Å²) >= 11 is 6.09. The fourth-order valence-corrected chi connectivity index (χ4v) is 3.30. The van der Waals surface area contributed by atoms with Gasteiger partial charge in [-0.05, 0) is 47.5 Å². The first-order valence-electron chi connectivity index (χ1n) is 9.73. The van der Waals surface area contributed by atoms with Crippen LogP contribution in [-0.4, -0.2) is 21.7 Å². The van der Waals surface area contributed by atoms with E-state index in [-0.39, 0.29) is 40.2 Å². The Morgan fingerprint density at radius 1 is 0.971 bits per heavy atom. The van der Waals surface area contributed by atoms with Gasteiger partial charge in [-0.1, -0.05) is 23.7 Å². The van der Waals surface area contributed by atoms with Crippen LogP contribution in [0.25, 0.3) is 6.08 Å². The van der Waals surface area contributed by atoms with Gasteiger partial charge < -0.3 is 9.47 Å². The smallest absolute Gasteiger partial charge is 0.363 e. The number of carbonyl (C=O) groups excluding carboxylic acids is 1. The first-order valence-corrected chi connectivity index (χ1v) is 10.1. The number of nitro groups is 2. The highest BCUT2D eigenvalue weighted by molar-refractivity contribution is 6.34. The fourth-order valence-electron chi connectivity index (χ4n) is 3.05. The summed E-state index contributed by atoms with van der Waals surface area (Å²) in [5, 5.41) is 21.6. The van der Waals surface area contributed by atoms with E-state index in [2.05, 4.69) is 4.99 Å². The number of halogens is 1. The molecular weight excluding hydrogens is 466 g/mol. The number of ether oxygens (including phenoxy) is 2. The van der Waals surface area contributed by atoms with Crippen LogP contribution in [-0.2, 0) is 16.1 Å². The maximum atomic E-state index is 12.3. The third kappa shape index (κ3) is 5.08. The topological polar surface area (TPSA) is 134 Å². The van der Waals surface area contributed by atoms with Crippen molar-refractivity contribution in [3.05, 3.63) is 114 Å². The highest BCUT2D eigenvalue weighted by Gasteiger charge is 2.26. The summed E-state index contributed by atoms with van der Waals surface area (Å²) < 4.78 is 10.9. The van der Waals surface area contributed by atoms with E-state index in [9.17, 15) is 25.0 Å². The molecule has 1 heterocycles. The van der Waals surface area contributed by atoms with Crippen LogP contribution in [0.1, 0.15) is 16.7 Å². The third-order valence-electron chi connectivity index (χ3n) is 4.73. The van der Waals surface area contributed by atoms with E-state index in [4.69, 9.17) is 21.1 Å². The van der Waals surface area contributed by atoms with Crippen LogP contribution in [0.2, 0.25) is 5.02 Å². The fraction of sp³-hybridized carbons (Fsp3) is 0.0435. The Balaban J connectivity index is 1.50. The third-order valence-corrected chi connectivity index (χ3v) is 5.04. The molecule has 3 aromatic carbocycles. The van der Waals surface area contributed by atoms with Crippen molar-refractivity contribution in [1.29, 1.82) is 0 Å². The number of benzene rings is 3. The van der Waals surface area contributed by atoms with Crippen LogP contribution in [0.5, 0.6) is 5.75 Å². The lowest BCUT2D eigenvalue weighted by atomic mass is 10.2. The van der Waals surface area contributed by atoms with Crippen molar-refractivity contribution in [2.24, 2.45) is 4.99 Å². The van der Waals surface area contributed by atoms with E-state index in [1.165, 1.54) is 30.3 Å². The first-order chi connectivity index (χ1) is 16.3. The minimum absolute atomic E-state index is 0.00393. The summed E-state index contributed by atoms with van der Waals surface area (Å²) in [6.07, 6.45) is 1.51. The highest BCUT2D eigenvalue weighted by atomic mass is 35.5. The molecule has 3 aromatic rings. The molecule has 0 N–H and O–H groups in total. The van der Waals surface area contributed by atoms with Gasteiger partial charge in [0.2, 0.25) is 5.90 Å². The van der Waals surface area contributed by atoms with Crippen LogP contribution >= 0.6 is 11.6 Å². The van der Waals surface area contributed by atoms with Crippen LogP contribution in [0, 0.1) is 20.2 Å². The van der Waals surface area contributed by atoms with Crippen LogP contribution in [0.15, 0.2) is 77.4 Å². The number of nitro benzene ring substituents is 2. The second kappa shape index (κ2) is 9.51. The monoisotopic (exact) mass is 479 g/mol. The molecule has 4 rings (SSSR count). The molecule has 1 aliphatic rings. The minimum Gasteiger partial charge on any atom is -0.489 e. The molecule has 0 aliphatic carbocycles. The lowest BCUT2D eigenvalue weighted by molar-refractivity contribution is -0.385. The predicted molar refractivity (Wildman–Crippen MR) is 123 cm³/mol. The summed E-state index contributed by atoms with van der Waals surface area (Å²) in [4.78, 5) is 37.0. The van der Waals surface area contributed by atoms with E-state index < -0.39 is 15.8 Å². The van der Waals surface area contributed by atoms with Crippen molar-refractivity contribution in [1.82, 2.24) is 0 Å². The maximum absolute atomic E-state index is 12.3. The van der Waals surface area contributed by atoms with Gasteiger partial charge in [-0.2, -0.15) is 0 Å². The van der Waals surface area contributed by atoms with Crippen molar-refractivity contribution >= 4 is 40.9 Å². The zero-order valence-corrected chi connectivity index (χ0v) is 18.0. The molecule has 0 bridgehead atoms. The Morgan fingerprint density at radius 3 is 2.35 bits per heavy atom. The number of cyclic esters (lactones) is 1. The van der Waals surface area contributed by atoms with E-state index in [1.54, 1.807) is 36.4 Å². The molecule has 0 amide bonds. The van der Waals surface area contributed by atoms with Gasteiger partial charge in [0.25, 0.3) is 11.4 Å². The van der Waals surface area contributed by atoms with Crippen LogP contribution in [0.4, 0.5) is 11.4 Å². The van der Waals surface area contributed by atoms with Gasteiger partial charge in [0.05, 0.1) is 20.4 Å². The van der Waals surface area contributed by atoms with Gasteiger partial charge in [-0.15, -0.1) is 0 Å². The normalized spacial score (nSPS) is 14.0. The molecule has 0 unspecified atom stereocenters. The van der Waals surface area contributed by atoms with Gasteiger partial charge in [-0.3, -0.25) is 20.2 Å². The quantitative estimate of drug-likeness (QED) is 0.199. The summed E-state index contributed by atoms with van der Waals surface area (Å²) in [6.45, 7) is 0.195. The number of esters is 1. The summed E-state index contributed by atoms with van der Waals surface area (Å²) in [6, 6.07) is 16.7. The molecule has 0 saturated heterocycles. The van der Waals surface area contributed by atoms with Crippen LogP contribution < -0.4 is 4.74 Å². The van der Waals surface area contributed by atoms with Crippen molar-refractivity contribution in [2.45, 2.75) is 6.61 Å². The standard InChI is InChI=1S/C23H14ClN3O7/c24-20-12-17(27(31)32)8-9-19(20)22-25-21(23(28)34-22)11-15-2-1-3-18(10-15)33-13-14-4-6-16(7-5-14)26(29)30/h1-12H,13H2/b21-11-. The lowest BCUT2D eigenvalue weighted by Crippen LogP contribution is -2.06. The molecule has 0 aromatic heterocycles. The number of hydrogen-bond acceptors (Lipinski definition) is 8. The van der Waals surface area contributed by atoms with Crippen molar-refractivity contribution in [2.75, 3.05) is 0 Å². The molecule has 1 aliphatic heterocycles. The van der Waals surface area contributed by atoms with Crippen molar-refractivity contribution in [3.63, 3.8) is 0 Å². The maximum Gasteiger partial charge on any atom is 0.363 e. The van der Waals surface area contributed by atoms with Gasteiger partial charge in [0.15, 0.2) is 5.70 Å². The minimum atomic E-state index is -0.693. The highest BCUT2D eigenvalue weighted by Crippen LogP contribution is 2.27. The molecule has 0 fully saturated rings. The number of aliphatic imine (C=N–C) groups is 1. The molecule has 34 heavy (non-hydrogen) atoms. The van der Waals surface area contributed by atoms with Gasteiger partial charge in [0.1, 0.15) is 12.4 Å². The Bertz CT molecular complexity index is 1370. The van der Waals surface area contributed by atoms with Gasteiger partial charge >= 0.3 is 5.97 Å². The number of non-ortho nitro benzene ring substituents is 2. The summed E-state index contributed by atoms with van der Waals surface area (Å²) in [5.41, 5.74) is 1.45. The average Bonchev–Trinajstić information content (AvgIpc) is 3.17. The zero-order chi connectivity index (χ0) is 24.2. The Labute approximate surface area is 197 Å². The number of rotatable bonds is 7. The zero-order valence-electron chi connectivity index (χ0n) is 17.2. The molecular formula is C23H14ClN3O7. The predicted octanol–water partition coefficient (Wildman–Crippen LogP) is 5.08. The molecule has 11 heteroatoms. The van der Waals surface area contributed by atoms with Gasteiger partial charge in [0, 0.05) is 24.3 Å². The Morgan fingerprint density at radius 2 is 1.68 bits per heavy atom. The van der Waals surface area contributed by atoms with Crippen molar-refractivity contribution < 1.29 is 24.1 Å². The molecule has 0 atom stereocenters. The molecule has 0 saturated carbocycles. The van der Waals surface area contributed by atoms with E-state index in [0.29, 0.717) is 11.3 Å². The van der Waals surface area contributed by atoms with E-state index in [0.717, 1.165) is 11.6 Å². The Kier molecular flexibility index (Phi) is 6.33. The molecule has 170 valence electrons. The SMILES string of the molecule is O=C1OC(c2ccc([N+](=O)[O-])cc2Cl)=N/C1=C\c1cccc(OCc2ccc([N+](=O)[O-])cc2)c1. The average molecular weight is 480 g/mol. The van der Waals surface area contributed by atoms with Crippen LogP contribution in [0.3, 0.4) is 0 Å². The van der Waals surface area contributed by atoms with Crippen molar-refractivity contribution in [3.8, 4) is 5.75 Å². The number of nitrogens with zero attached hydrogens (tertiary/aromatic N) is 3. The number of hydrogen-bond donors (Lipinski definition) is 0. The second-order valence-electron chi connectivity index (χ2n) is 7.04.